The maximum Gasteiger partial charge on any atom is 0.0192 e. The first-order valence-corrected chi connectivity index (χ1v) is 7.22. The molecule has 2 rings (SSSR count). The summed E-state index contributed by atoms with van der Waals surface area (Å²) in [7, 11) is 0. The molecule has 0 aromatic carbocycles. The molecular weight excluding hydrogens is 196 g/mol. The van der Waals surface area contributed by atoms with Gasteiger partial charge in [-0.15, -0.1) is 0 Å². The van der Waals surface area contributed by atoms with E-state index in [1.54, 1.807) is 0 Å². The van der Waals surface area contributed by atoms with E-state index in [-0.39, 0.29) is 0 Å². The lowest BCUT2D eigenvalue weighted by atomic mass is 9.79. The SMILES string of the molecule is CC1CCC(NCC2CCCCN2)CC1C. The van der Waals surface area contributed by atoms with E-state index in [2.05, 4.69) is 24.5 Å². The summed E-state index contributed by atoms with van der Waals surface area (Å²) in [5.74, 6) is 1.84. The second kappa shape index (κ2) is 6.02. The Morgan fingerprint density at radius 1 is 1.06 bits per heavy atom. The van der Waals surface area contributed by atoms with Crippen LogP contribution in [-0.4, -0.2) is 25.2 Å². The molecule has 16 heavy (non-hydrogen) atoms. The van der Waals surface area contributed by atoms with E-state index in [1.807, 2.05) is 0 Å². The Morgan fingerprint density at radius 3 is 2.62 bits per heavy atom. The van der Waals surface area contributed by atoms with Gasteiger partial charge < -0.3 is 10.6 Å². The molecule has 2 N–H and O–H groups in total. The van der Waals surface area contributed by atoms with Gasteiger partial charge in [0.1, 0.15) is 0 Å². The minimum Gasteiger partial charge on any atom is -0.313 e. The minimum atomic E-state index is 0.739. The molecule has 0 amide bonds. The summed E-state index contributed by atoms with van der Waals surface area (Å²) < 4.78 is 0. The summed E-state index contributed by atoms with van der Waals surface area (Å²) in [6.07, 6.45) is 8.33. The van der Waals surface area contributed by atoms with Crippen molar-refractivity contribution >= 4 is 0 Å². The summed E-state index contributed by atoms with van der Waals surface area (Å²) in [6.45, 7) is 7.23. The quantitative estimate of drug-likeness (QED) is 0.770. The van der Waals surface area contributed by atoms with Crippen molar-refractivity contribution in [2.24, 2.45) is 11.8 Å². The molecule has 94 valence electrons. The molecule has 1 saturated heterocycles. The molecule has 2 nitrogen and oxygen atoms in total. The number of nitrogens with one attached hydrogen (secondary N) is 2. The predicted octanol–water partition coefficient (Wildman–Crippen LogP) is 2.54. The lowest BCUT2D eigenvalue weighted by molar-refractivity contribution is 0.220. The normalized spacial score (nSPS) is 40.9. The molecule has 4 atom stereocenters. The second-order valence-electron chi connectivity index (χ2n) is 6.02. The zero-order valence-corrected chi connectivity index (χ0v) is 11.0. The van der Waals surface area contributed by atoms with Crippen molar-refractivity contribution in [2.75, 3.05) is 13.1 Å². The van der Waals surface area contributed by atoms with Crippen molar-refractivity contribution in [3.63, 3.8) is 0 Å². The van der Waals surface area contributed by atoms with Crippen LogP contribution in [0.1, 0.15) is 52.4 Å². The average Bonchev–Trinajstić information content (AvgIpc) is 2.32. The molecule has 1 heterocycles. The number of hydrogen-bond acceptors (Lipinski definition) is 2. The van der Waals surface area contributed by atoms with Crippen molar-refractivity contribution in [1.82, 2.24) is 10.6 Å². The highest BCUT2D eigenvalue weighted by Crippen LogP contribution is 2.29. The molecule has 2 aliphatic rings. The molecular formula is C14H28N2. The van der Waals surface area contributed by atoms with E-state index in [0.717, 1.165) is 23.9 Å². The van der Waals surface area contributed by atoms with E-state index in [0.29, 0.717) is 0 Å². The van der Waals surface area contributed by atoms with Crippen LogP contribution in [-0.2, 0) is 0 Å². The molecule has 2 heteroatoms. The number of rotatable bonds is 3. The van der Waals surface area contributed by atoms with Crippen LogP contribution < -0.4 is 10.6 Å². The summed E-state index contributed by atoms with van der Waals surface area (Å²) >= 11 is 0. The summed E-state index contributed by atoms with van der Waals surface area (Å²) in [5, 5.41) is 7.40. The largest absolute Gasteiger partial charge is 0.313 e. The Hall–Kier alpha value is -0.0800. The zero-order chi connectivity index (χ0) is 11.4. The van der Waals surface area contributed by atoms with Crippen molar-refractivity contribution in [2.45, 2.75) is 64.5 Å². The molecule has 1 aliphatic heterocycles. The maximum absolute atomic E-state index is 3.78. The summed E-state index contributed by atoms with van der Waals surface area (Å²) in [6, 6.07) is 1.53. The van der Waals surface area contributed by atoms with Crippen LogP contribution in [0.15, 0.2) is 0 Å². The van der Waals surface area contributed by atoms with Crippen molar-refractivity contribution < 1.29 is 0 Å². The Bertz CT molecular complexity index is 199. The standard InChI is InChI=1S/C14H28N2/c1-11-6-7-13(9-12(11)2)16-10-14-5-3-4-8-15-14/h11-16H,3-10H2,1-2H3. The van der Waals surface area contributed by atoms with E-state index < -0.39 is 0 Å². The van der Waals surface area contributed by atoms with Gasteiger partial charge in [-0.2, -0.15) is 0 Å². The van der Waals surface area contributed by atoms with Crippen LogP contribution in [0.4, 0.5) is 0 Å². The molecule has 0 aromatic heterocycles. The van der Waals surface area contributed by atoms with Gasteiger partial charge in [-0.3, -0.25) is 0 Å². The Labute approximate surface area is 101 Å². The molecule has 1 saturated carbocycles. The van der Waals surface area contributed by atoms with Crippen molar-refractivity contribution in [1.29, 1.82) is 0 Å². The summed E-state index contributed by atoms with van der Waals surface area (Å²) in [4.78, 5) is 0. The van der Waals surface area contributed by atoms with Gasteiger partial charge in [0.2, 0.25) is 0 Å². The average molecular weight is 224 g/mol. The summed E-state index contributed by atoms with van der Waals surface area (Å²) in [5.41, 5.74) is 0. The van der Waals surface area contributed by atoms with Gasteiger partial charge in [0, 0.05) is 18.6 Å². The third-order valence-corrected chi connectivity index (χ3v) is 4.66. The molecule has 1 aliphatic carbocycles. The second-order valence-corrected chi connectivity index (χ2v) is 6.02. The molecule has 0 spiro atoms. The predicted molar refractivity (Wildman–Crippen MR) is 69.6 cm³/mol. The van der Waals surface area contributed by atoms with Gasteiger partial charge in [-0.25, -0.2) is 0 Å². The van der Waals surface area contributed by atoms with E-state index in [1.165, 1.54) is 51.6 Å². The number of hydrogen-bond donors (Lipinski definition) is 2. The Kier molecular flexibility index (Phi) is 4.66. The molecule has 0 aromatic rings. The van der Waals surface area contributed by atoms with Crippen molar-refractivity contribution in [3.8, 4) is 0 Å². The van der Waals surface area contributed by atoms with Crippen LogP contribution >= 0.6 is 0 Å². The Balaban J connectivity index is 1.65. The number of piperidine rings is 1. The molecule has 4 unspecified atom stereocenters. The first-order chi connectivity index (χ1) is 7.75. The van der Waals surface area contributed by atoms with Gasteiger partial charge >= 0.3 is 0 Å². The van der Waals surface area contributed by atoms with Gasteiger partial charge in [-0.1, -0.05) is 20.3 Å². The first-order valence-electron chi connectivity index (χ1n) is 7.22. The van der Waals surface area contributed by atoms with Crippen LogP contribution in [0.3, 0.4) is 0 Å². The fraction of sp³-hybridized carbons (Fsp3) is 1.00. The lowest BCUT2D eigenvalue weighted by Gasteiger charge is -2.34. The van der Waals surface area contributed by atoms with Gasteiger partial charge in [0.05, 0.1) is 0 Å². The van der Waals surface area contributed by atoms with Crippen LogP contribution in [0.2, 0.25) is 0 Å². The molecule has 0 bridgehead atoms. The van der Waals surface area contributed by atoms with E-state index >= 15 is 0 Å². The minimum absolute atomic E-state index is 0.739. The van der Waals surface area contributed by atoms with Crippen LogP contribution in [0.25, 0.3) is 0 Å². The van der Waals surface area contributed by atoms with E-state index in [9.17, 15) is 0 Å². The maximum atomic E-state index is 3.78. The van der Waals surface area contributed by atoms with Gasteiger partial charge in [0.15, 0.2) is 0 Å². The van der Waals surface area contributed by atoms with Gasteiger partial charge in [0.25, 0.3) is 0 Å². The van der Waals surface area contributed by atoms with Gasteiger partial charge in [-0.05, 0) is 50.5 Å². The molecule has 0 radical (unpaired) electrons. The highest BCUT2D eigenvalue weighted by molar-refractivity contribution is 4.82. The smallest absolute Gasteiger partial charge is 0.0192 e. The zero-order valence-electron chi connectivity index (χ0n) is 11.0. The van der Waals surface area contributed by atoms with Crippen molar-refractivity contribution in [3.05, 3.63) is 0 Å². The Morgan fingerprint density at radius 2 is 1.94 bits per heavy atom. The van der Waals surface area contributed by atoms with Crippen LogP contribution in [0, 0.1) is 11.8 Å². The highest BCUT2D eigenvalue weighted by atomic mass is 15.0. The van der Waals surface area contributed by atoms with Crippen LogP contribution in [0.5, 0.6) is 0 Å². The third kappa shape index (κ3) is 3.46. The molecule has 2 fully saturated rings. The fourth-order valence-corrected chi connectivity index (χ4v) is 3.14. The highest BCUT2D eigenvalue weighted by Gasteiger charge is 2.24. The topological polar surface area (TPSA) is 24.1 Å². The van der Waals surface area contributed by atoms with E-state index in [4.69, 9.17) is 0 Å². The first kappa shape index (κ1) is 12.4. The lowest BCUT2D eigenvalue weighted by Crippen LogP contribution is -2.46. The monoisotopic (exact) mass is 224 g/mol. The fourth-order valence-electron chi connectivity index (χ4n) is 3.14. The third-order valence-electron chi connectivity index (χ3n) is 4.66.